The Bertz CT molecular complexity index is 782. The van der Waals surface area contributed by atoms with Gasteiger partial charge in [-0.05, 0) is 43.9 Å². The quantitative estimate of drug-likeness (QED) is 0.767. The van der Waals surface area contributed by atoms with Crippen LogP contribution < -0.4 is 11.1 Å². The van der Waals surface area contributed by atoms with Crippen LogP contribution >= 0.6 is 12.4 Å². The molecule has 0 radical (unpaired) electrons. The molecule has 0 unspecified atom stereocenters. The number of nitrogens with two attached hydrogens (primary N) is 1. The van der Waals surface area contributed by atoms with Crippen molar-refractivity contribution in [3.63, 3.8) is 0 Å². The minimum atomic E-state index is -0.111. The smallest absolute Gasteiger partial charge is 0.255 e. The summed E-state index contributed by atoms with van der Waals surface area (Å²) < 4.78 is 5.17. The molecule has 7 heteroatoms. The molecule has 2 heterocycles. The van der Waals surface area contributed by atoms with E-state index in [0.717, 1.165) is 24.1 Å². The van der Waals surface area contributed by atoms with Gasteiger partial charge in [0, 0.05) is 31.2 Å². The number of hydrogen-bond acceptors (Lipinski definition) is 4. The van der Waals surface area contributed by atoms with Crippen molar-refractivity contribution < 1.29 is 14.0 Å². The summed E-state index contributed by atoms with van der Waals surface area (Å²) in [4.78, 5) is 26.5. The molecular weight excluding hydrogens is 366 g/mol. The molecule has 0 bridgehead atoms. The Kier molecular flexibility index (Phi) is 7.30. The third-order valence-electron chi connectivity index (χ3n) is 4.95. The van der Waals surface area contributed by atoms with Crippen molar-refractivity contribution in [2.24, 2.45) is 0 Å². The number of nitrogen functional groups attached to an aromatic ring is 1. The maximum atomic E-state index is 12.4. The highest BCUT2D eigenvalue weighted by Gasteiger charge is 2.24. The number of aryl methyl sites for hydroxylation is 2. The first-order valence-electron chi connectivity index (χ1n) is 9.00. The van der Waals surface area contributed by atoms with Crippen molar-refractivity contribution in [2.75, 3.05) is 18.8 Å². The van der Waals surface area contributed by atoms with Crippen LogP contribution in [0.25, 0.3) is 0 Å². The fourth-order valence-electron chi connectivity index (χ4n) is 3.32. The van der Waals surface area contributed by atoms with Gasteiger partial charge in [-0.15, -0.1) is 12.4 Å². The van der Waals surface area contributed by atoms with Gasteiger partial charge in [0.1, 0.15) is 5.76 Å². The first kappa shape index (κ1) is 20.8. The van der Waals surface area contributed by atoms with Crippen molar-refractivity contribution in [3.05, 3.63) is 53.5 Å². The van der Waals surface area contributed by atoms with Crippen LogP contribution in [0.5, 0.6) is 0 Å². The van der Waals surface area contributed by atoms with E-state index in [2.05, 4.69) is 5.32 Å². The monoisotopic (exact) mass is 391 g/mol. The third-order valence-corrected chi connectivity index (χ3v) is 4.95. The molecule has 2 amide bonds. The molecule has 6 nitrogen and oxygen atoms in total. The number of benzene rings is 1. The number of amides is 2. The molecule has 0 spiro atoms. The Labute approximate surface area is 165 Å². The number of furan rings is 1. The van der Waals surface area contributed by atoms with E-state index in [-0.39, 0.29) is 30.3 Å². The Hall–Kier alpha value is -2.47. The van der Waals surface area contributed by atoms with Crippen molar-refractivity contribution in [2.45, 2.75) is 38.6 Å². The van der Waals surface area contributed by atoms with Crippen molar-refractivity contribution in [3.8, 4) is 0 Å². The van der Waals surface area contributed by atoms with Gasteiger partial charge in [0.2, 0.25) is 5.91 Å². The SMILES string of the molecule is Cc1occc1C(=O)NC1CCN(C(=O)CCc2ccccc2N)CC1.Cl. The van der Waals surface area contributed by atoms with Crippen molar-refractivity contribution in [1.29, 1.82) is 0 Å². The molecule has 1 aromatic heterocycles. The van der Waals surface area contributed by atoms with Crippen LogP contribution in [0.3, 0.4) is 0 Å². The number of nitrogens with one attached hydrogen (secondary N) is 1. The second-order valence-corrected chi connectivity index (χ2v) is 6.72. The Morgan fingerprint density at radius 1 is 1.22 bits per heavy atom. The molecule has 1 saturated heterocycles. The van der Waals surface area contributed by atoms with E-state index in [1.54, 1.807) is 13.0 Å². The second kappa shape index (κ2) is 9.46. The lowest BCUT2D eigenvalue weighted by Crippen LogP contribution is -2.46. The highest BCUT2D eigenvalue weighted by Crippen LogP contribution is 2.17. The number of para-hydroxylation sites is 1. The van der Waals surface area contributed by atoms with E-state index in [0.29, 0.717) is 37.3 Å². The van der Waals surface area contributed by atoms with Crippen molar-refractivity contribution >= 4 is 29.9 Å². The third kappa shape index (κ3) is 5.26. The maximum absolute atomic E-state index is 12.4. The normalized spacial score (nSPS) is 14.5. The second-order valence-electron chi connectivity index (χ2n) is 6.72. The lowest BCUT2D eigenvalue weighted by Gasteiger charge is -2.32. The van der Waals surface area contributed by atoms with Crippen LogP contribution in [0.2, 0.25) is 0 Å². The molecule has 1 fully saturated rings. The maximum Gasteiger partial charge on any atom is 0.255 e. The predicted molar refractivity (Wildman–Crippen MR) is 107 cm³/mol. The molecule has 146 valence electrons. The van der Waals surface area contributed by atoms with Crippen LogP contribution in [0.1, 0.15) is 40.9 Å². The Balaban J connectivity index is 0.00000261. The van der Waals surface area contributed by atoms with Gasteiger partial charge in [0.05, 0.1) is 11.8 Å². The molecule has 0 atom stereocenters. The zero-order valence-corrected chi connectivity index (χ0v) is 16.3. The van der Waals surface area contributed by atoms with Gasteiger partial charge in [-0.1, -0.05) is 18.2 Å². The molecule has 2 aromatic rings. The van der Waals surface area contributed by atoms with E-state index in [1.807, 2.05) is 29.2 Å². The Morgan fingerprint density at radius 2 is 1.93 bits per heavy atom. The fourth-order valence-corrected chi connectivity index (χ4v) is 3.32. The minimum Gasteiger partial charge on any atom is -0.469 e. The summed E-state index contributed by atoms with van der Waals surface area (Å²) in [5, 5.41) is 3.03. The first-order chi connectivity index (χ1) is 12.5. The zero-order valence-electron chi connectivity index (χ0n) is 15.4. The number of piperidine rings is 1. The van der Waals surface area contributed by atoms with Gasteiger partial charge >= 0.3 is 0 Å². The molecule has 0 aliphatic carbocycles. The van der Waals surface area contributed by atoms with E-state index in [4.69, 9.17) is 10.2 Å². The number of halogens is 1. The van der Waals surface area contributed by atoms with Crippen LogP contribution in [0.15, 0.2) is 41.0 Å². The lowest BCUT2D eigenvalue weighted by molar-refractivity contribution is -0.132. The van der Waals surface area contributed by atoms with E-state index in [1.165, 1.54) is 6.26 Å². The number of rotatable bonds is 5. The molecular formula is C20H26ClN3O3. The van der Waals surface area contributed by atoms with Gasteiger partial charge in [0.15, 0.2) is 0 Å². The van der Waals surface area contributed by atoms with E-state index in [9.17, 15) is 9.59 Å². The van der Waals surface area contributed by atoms with E-state index < -0.39 is 0 Å². The molecule has 3 N–H and O–H groups in total. The Morgan fingerprint density at radius 3 is 2.56 bits per heavy atom. The number of carbonyl (C=O) groups excluding carboxylic acids is 2. The molecule has 27 heavy (non-hydrogen) atoms. The van der Waals surface area contributed by atoms with Gasteiger partial charge < -0.3 is 20.4 Å². The number of nitrogens with zero attached hydrogens (tertiary/aromatic N) is 1. The van der Waals surface area contributed by atoms with Gasteiger partial charge in [-0.3, -0.25) is 9.59 Å². The lowest BCUT2D eigenvalue weighted by atomic mass is 10.0. The average Bonchev–Trinajstić information content (AvgIpc) is 3.07. The summed E-state index contributed by atoms with van der Waals surface area (Å²) in [7, 11) is 0. The summed E-state index contributed by atoms with van der Waals surface area (Å²) in [6.45, 7) is 3.10. The zero-order chi connectivity index (χ0) is 18.5. The standard InChI is InChI=1S/C20H25N3O3.ClH/c1-14-17(10-13-26-14)20(25)22-16-8-11-23(12-9-16)19(24)7-6-15-4-2-3-5-18(15)21;/h2-5,10,13,16H,6-9,11-12,21H2,1H3,(H,22,25);1H. The topological polar surface area (TPSA) is 88.6 Å². The van der Waals surface area contributed by atoms with Crippen LogP contribution in [0.4, 0.5) is 5.69 Å². The van der Waals surface area contributed by atoms with Crippen LogP contribution in [0, 0.1) is 6.92 Å². The minimum absolute atomic E-state index is 0. The van der Waals surface area contributed by atoms with Crippen molar-refractivity contribution in [1.82, 2.24) is 10.2 Å². The number of hydrogen-bond donors (Lipinski definition) is 2. The molecule has 1 aliphatic heterocycles. The average molecular weight is 392 g/mol. The number of carbonyl (C=O) groups is 2. The summed E-state index contributed by atoms with van der Waals surface area (Å²) >= 11 is 0. The molecule has 1 aromatic carbocycles. The highest BCUT2D eigenvalue weighted by molar-refractivity contribution is 5.95. The highest BCUT2D eigenvalue weighted by atomic mass is 35.5. The van der Waals surface area contributed by atoms with E-state index >= 15 is 0 Å². The fraction of sp³-hybridized carbons (Fsp3) is 0.400. The number of likely N-dealkylation sites (tertiary alicyclic amines) is 1. The predicted octanol–water partition coefficient (Wildman–Crippen LogP) is 2.95. The van der Waals surface area contributed by atoms with Gasteiger partial charge in [-0.2, -0.15) is 0 Å². The summed E-state index contributed by atoms with van der Waals surface area (Å²) in [6, 6.07) is 9.42. The molecule has 0 saturated carbocycles. The largest absolute Gasteiger partial charge is 0.469 e. The molecule has 3 rings (SSSR count). The van der Waals surface area contributed by atoms with Crippen LogP contribution in [-0.2, 0) is 11.2 Å². The first-order valence-corrected chi connectivity index (χ1v) is 9.00. The summed E-state index contributed by atoms with van der Waals surface area (Å²) in [6.07, 6.45) is 4.16. The number of anilines is 1. The summed E-state index contributed by atoms with van der Waals surface area (Å²) in [5.41, 5.74) is 8.25. The van der Waals surface area contributed by atoms with Crippen LogP contribution in [-0.4, -0.2) is 35.8 Å². The molecule has 1 aliphatic rings. The van der Waals surface area contributed by atoms with Gasteiger partial charge in [0.25, 0.3) is 5.91 Å². The van der Waals surface area contributed by atoms with Gasteiger partial charge in [-0.25, -0.2) is 0 Å². The summed E-state index contributed by atoms with van der Waals surface area (Å²) in [5.74, 6) is 0.652.